The standard InChI is InChI=1S/C33H25B5ClN3/c34-26-25(27(35)29(37)30(38)28(26)36)20-10-8-19-14-21(12-9-18(19)13-20)31-40-32(42-33(39)41-31)22-11-7-17-6-5-16-3-1-2-4-23(16)24(17)15-22/h1-15H,34-38H2. The van der Waals surface area contributed by atoms with Gasteiger partial charge in [0.2, 0.25) is 5.28 Å². The number of benzene rings is 6. The van der Waals surface area contributed by atoms with E-state index < -0.39 is 0 Å². The fourth-order valence-corrected chi connectivity index (χ4v) is 6.38. The first-order chi connectivity index (χ1) is 20.3. The lowest BCUT2D eigenvalue weighted by Crippen LogP contribution is -2.55. The van der Waals surface area contributed by atoms with Gasteiger partial charge in [0.15, 0.2) is 11.6 Å². The van der Waals surface area contributed by atoms with Gasteiger partial charge in [0.25, 0.3) is 0 Å². The maximum Gasteiger partial charge on any atom is 0.226 e. The predicted octanol–water partition coefficient (Wildman–Crippen LogP) is 0.278. The van der Waals surface area contributed by atoms with Gasteiger partial charge in [-0.1, -0.05) is 83.7 Å². The Labute approximate surface area is 254 Å². The van der Waals surface area contributed by atoms with Gasteiger partial charge in [0, 0.05) is 11.1 Å². The fourth-order valence-electron chi connectivity index (χ4n) is 6.22. The van der Waals surface area contributed by atoms with E-state index in [1.54, 1.807) is 0 Å². The van der Waals surface area contributed by atoms with Crippen molar-refractivity contribution in [3.05, 3.63) is 96.3 Å². The van der Waals surface area contributed by atoms with E-state index in [0.717, 1.165) is 21.9 Å². The Morgan fingerprint density at radius 3 is 1.57 bits per heavy atom. The van der Waals surface area contributed by atoms with Gasteiger partial charge < -0.3 is 0 Å². The zero-order valence-electron chi connectivity index (χ0n) is 24.4. The van der Waals surface area contributed by atoms with E-state index in [1.807, 2.05) is 6.07 Å². The number of nitrogens with zero attached hydrogens (tertiary/aromatic N) is 3. The minimum Gasteiger partial charge on any atom is -0.208 e. The third-order valence-corrected chi connectivity index (χ3v) is 9.17. The van der Waals surface area contributed by atoms with Crippen LogP contribution in [0.4, 0.5) is 0 Å². The first kappa shape index (κ1) is 26.6. The Balaban J connectivity index is 1.30. The Morgan fingerprint density at radius 1 is 0.429 bits per heavy atom. The highest BCUT2D eigenvalue weighted by Gasteiger charge is 2.15. The molecule has 1 heterocycles. The quantitative estimate of drug-likeness (QED) is 0.233. The molecule has 7 aromatic rings. The minimum absolute atomic E-state index is 0.180. The Bertz CT molecular complexity index is 2210. The van der Waals surface area contributed by atoms with Gasteiger partial charge in [0.1, 0.15) is 39.2 Å². The first-order valence-corrected chi connectivity index (χ1v) is 14.6. The van der Waals surface area contributed by atoms with Crippen LogP contribution in [0.1, 0.15) is 0 Å². The summed E-state index contributed by atoms with van der Waals surface area (Å²) in [6.07, 6.45) is 0. The maximum atomic E-state index is 6.47. The van der Waals surface area contributed by atoms with Gasteiger partial charge in [-0.2, -0.15) is 9.97 Å². The first-order valence-electron chi connectivity index (χ1n) is 14.2. The molecule has 0 saturated heterocycles. The Hall–Kier alpha value is -4.28. The van der Waals surface area contributed by atoms with Crippen LogP contribution in [0.3, 0.4) is 0 Å². The van der Waals surface area contributed by atoms with Crippen LogP contribution in [-0.4, -0.2) is 54.2 Å². The van der Waals surface area contributed by atoms with Crippen molar-refractivity contribution in [1.29, 1.82) is 0 Å². The lowest BCUT2D eigenvalue weighted by Gasteiger charge is -2.20. The molecule has 0 aliphatic heterocycles. The normalized spacial score (nSPS) is 11.5. The molecule has 0 aliphatic rings. The molecule has 0 atom stereocenters. The van der Waals surface area contributed by atoms with Gasteiger partial charge in [-0.15, -0.1) is 16.4 Å². The van der Waals surface area contributed by atoms with Crippen LogP contribution in [0, 0.1) is 0 Å². The maximum absolute atomic E-state index is 6.47. The van der Waals surface area contributed by atoms with E-state index in [0.29, 0.717) is 11.6 Å². The molecular weight excluding hydrogens is 528 g/mol. The largest absolute Gasteiger partial charge is 0.226 e. The van der Waals surface area contributed by atoms with Crippen molar-refractivity contribution in [1.82, 2.24) is 15.0 Å². The van der Waals surface area contributed by atoms with Crippen LogP contribution in [0.5, 0.6) is 0 Å². The van der Waals surface area contributed by atoms with E-state index in [-0.39, 0.29) is 5.28 Å². The van der Waals surface area contributed by atoms with Crippen LogP contribution >= 0.6 is 11.6 Å². The van der Waals surface area contributed by atoms with E-state index in [2.05, 4.69) is 134 Å². The molecule has 6 aromatic carbocycles. The summed E-state index contributed by atoms with van der Waals surface area (Å²) in [7, 11) is 11.1. The van der Waals surface area contributed by atoms with Crippen LogP contribution in [-0.2, 0) is 0 Å². The number of hydrogen-bond acceptors (Lipinski definition) is 3. The average molecular weight is 553 g/mol. The summed E-state index contributed by atoms with van der Waals surface area (Å²) >= 11 is 6.47. The summed E-state index contributed by atoms with van der Waals surface area (Å²) in [5.74, 6) is 1.12. The number of fused-ring (bicyclic) bond motifs is 4. The Morgan fingerprint density at radius 2 is 0.905 bits per heavy atom. The minimum atomic E-state index is 0.180. The third kappa shape index (κ3) is 4.42. The molecule has 7 rings (SSSR count). The van der Waals surface area contributed by atoms with Crippen LogP contribution < -0.4 is 27.3 Å². The van der Waals surface area contributed by atoms with Crippen molar-refractivity contribution in [2.75, 3.05) is 0 Å². The van der Waals surface area contributed by atoms with E-state index in [4.69, 9.17) is 16.6 Å². The second-order valence-electron chi connectivity index (χ2n) is 11.3. The topological polar surface area (TPSA) is 38.7 Å². The summed E-state index contributed by atoms with van der Waals surface area (Å²) in [6, 6.07) is 32.1. The van der Waals surface area contributed by atoms with Crippen molar-refractivity contribution in [2.24, 2.45) is 0 Å². The molecular formula is C33H25B5ClN3. The molecule has 0 saturated carbocycles. The summed E-state index contributed by atoms with van der Waals surface area (Å²) in [5, 5.41) is 7.22. The highest BCUT2D eigenvalue weighted by Crippen LogP contribution is 2.31. The molecule has 0 fully saturated rings. The second kappa shape index (κ2) is 10.2. The van der Waals surface area contributed by atoms with E-state index in [9.17, 15) is 0 Å². The third-order valence-electron chi connectivity index (χ3n) is 9.00. The molecule has 0 radical (unpaired) electrons. The van der Waals surface area contributed by atoms with Crippen LogP contribution in [0.15, 0.2) is 91.0 Å². The van der Waals surface area contributed by atoms with Crippen molar-refractivity contribution >= 4 is 110 Å². The molecule has 42 heavy (non-hydrogen) atoms. The molecule has 194 valence electrons. The van der Waals surface area contributed by atoms with Gasteiger partial charge in [-0.3, -0.25) is 0 Å². The fraction of sp³-hybridized carbons (Fsp3) is 0. The SMILES string of the molecule is Bc1c(B)c(B)c(-c2ccc3cc(-c4nc(Cl)nc(-c5ccc6ccc7ccccc7c6c5)n4)ccc3c2)c(B)c1B. The summed E-state index contributed by atoms with van der Waals surface area (Å²) < 4.78 is 0. The predicted molar refractivity (Wildman–Crippen MR) is 195 cm³/mol. The monoisotopic (exact) mass is 553 g/mol. The van der Waals surface area contributed by atoms with Crippen molar-refractivity contribution in [2.45, 2.75) is 0 Å². The average Bonchev–Trinajstić information content (AvgIpc) is 3.02. The molecule has 0 unspecified atom stereocenters. The lowest BCUT2D eigenvalue weighted by molar-refractivity contribution is 1.07. The zero-order chi connectivity index (χ0) is 29.1. The van der Waals surface area contributed by atoms with Gasteiger partial charge in [-0.25, -0.2) is 4.98 Å². The zero-order valence-corrected chi connectivity index (χ0v) is 25.1. The van der Waals surface area contributed by atoms with E-state index in [1.165, 1.54) is 60.0 Å². The number of halogens is 1. The van der Waals surface area contributed by atoms with Gasteiger partial charge in [-0.05, 0) is 73.2 Å². The molecule has 3 nitrogen and oxygen atoms in total. The second-order valence-corrected chi connectivity index (χ2v) is 11.6. The number of rotatable bonds is 3. The molecule has 0 N–H and O–H groups in total. The smallest absolute Gasteiger partial charge is 0.208 e. The van der Waals surface area contributed by atoms with E-state index >= 15 is 0 Å². The lowest BCUT2D eigenvalue weighted by atomic mass is 9.59. The molecule has 0 amide bonds. The van der Waals surface area contributed by atoms with Crippen molar-refractivity contribution in [3.63, 3.8) is 0 Å². The van der Waals surface area contributed by atoms with Crippen LogP contribution in [0.2, 0.25) is 5.28 Å². The highest BCUT2D eigenvalue weighted by molar-refractivity contribution is 6.68. The molecule has 0 spiro atoms. The van der Waals surface area contributed by atoms with Crippen LogP contribution in [0.25, 0.3) is 66.2 Å². The highest BCUT2D eigenvalue weighted by atomic mass is 35.5. The summed E-state index contributed by atoms with van der Waals surface area (Å²) in [4.78, 5) is 13.9. The number of hydrogen-bond donors (Lipinski definition) is 0. The molecule has 1 aromatic heterocycles. The Kier molecular flexibility index (Phi) is 6.47. The molecule has 0 bridgehead atoms. The van der Waals surface area contributed by atoms with Gasteiger partial charge >= 0.3 is 0 Å². The van der Waals surface area contributed by atoms with Gasteiger partial charge in [0.05, 0.1) is 0 Å². The molecule has 9 heteroatoms. The summed E-state index contributed by atoms with van der Waals surface area (Å²) in [5.41, 5.74) is 11.2. The van der Waals surface area contributed by atoms with Crippen molar-refractivity contribution < 1.29 is 0 Å². The number of aromatic nitrogens is 3. The summed E-state index contributed by atoms with van der Waals surface area (Å²) in [6.45, 7) is 0. The molecule has 0 aliphatic carbocycles. The van der Waals surface area contributed by atoms with Crippen molar-refractivity contribution in [3.8, 4) is 33.9 Å².